The fourth-order valence-corrected chi connectivity index (χ4v) is 6.94. The number of phosphoric ester groups is 1. The van der Waals surface area contributed by atoms with E-state index < -0.39 is 32.5 Å². The van der Waals surface area contributed by atoms with Crippen LogP contribution in [0.3, 0.4) is 0 Å². The molecule has 0 aromatic rings. The van der Waals surface area contributed by atoms with Crippen LogP contribution in [-0.2, 0) is 32.7 Å². The van der Waals surface area contributed by atoms with E-state index in [0.29, 0.717) is 12.8 Å². The average Bonchev–Trinajstić information content (AvgIpc) is 3.27. The summed E-state index contributed by atoms with van der Waals surface area (Å²) in [5.41, 5.74) is 5.35. The van der Waals surface area contributed by atoms with E-state index in [1.54, 1.807) is 6.08 Å². The standard InChI is InChI=1S/C53H88NO8P/c1-3-5-7-9-11-13-15-17-19-20-21-22-23-24-25-26-27-28-29-30-32-33-35-37-39-41-43-45-52(55)59-49-51(50-61-63(57,58)60-48-47-54)62-53(56)46-44-42-40-38-36-34-31-18-16-14-12-10-8-6-4-2/h5-8,11-14,17-19,21-22,31,36,38,42,44,51H,3-4,9-10,15-16,20,23-30,32-35,37,39-41,43,45-50,54H2,1-2H3,(H,57,58)/b7-5-,8-6-,13-11-,14-12-,19-17-,22-21-,31-18-,38-36-,44-42-. The molecule has 0 aromatic carbocycles. The van der Waals surface area contributed by atoms with Crippen molar-refractivity contribution >= 4 is 19.8 Å². The summed E-state index contributed by atoms with van der Waals surface area (Å²) in [6, 6.07) is 0. The zero-order valence-electron chi connectivity index (χ0n) is 39.5. The molecule has 0 aliphatic heterocycles. The van der Waals surface area contributed by atoms with Crippen molar-refractivity contribution < 1.29 is 37.6 Å². The summed E-state index contributed by atoms with van der Waals surface area (Å²) in [6.45, 7) is 3.38. The smallest absolute Gasteiger partial charge is 0.462 e. The lowest BCUT2D eigenvalue weighted by Gasteiger charge is -2.19. The van der Waals surface area contributed by atoms with Crippen molar-refractivity contribution in [3.63, 3.8) is 0 Å². The molecule has 0 rings (SSSR count). The van der Waals surface area contributed by atoms with E-state index in [4.69, 9.17) is 24.3 Å². The van der Waals surface area contributed by atoms with Gasteiger partial charge in [-0.2, -0.15) is 0 Å². The third kappa shape index (κ3) is 48.0. The third-order valence-electron chi connectivity index (χ3n) is 9.69. The number of unbranched alkanes of at least 4 members (excludes halogenated alkanes) is 14. The molecule has 0 fully saturated rings. The van der Waals surface area contributed by atoms with Crippen molar-refractivity contribution in [1.29, 1.82) is 0 Å². The van der Waals surface area contributed by atoms with Gasteiger partial charge in [-0.15, -0.1) is 0 Å². The van der Waals surface area contributed by atoms with E-state index in [-0.39, 0.29) is 32.6 Å². The molecule has 10 heteroatoms. The highest BCUT2D eigenvalue weighted by molar-refractivity contribution is 7.47. The Labute approximate surface area is 384 Å². The van der Waals surface area contributed by atoms with Crippen molar-refractivity contribution in [2.24, 2.45) is 5.73 Å². The number of ether oxygens (including phenoxy) is 2. The zero-order chi connectivity index (χ0) is 46.0. The van der Waals surface area contributed by atoms with Gasteiger partial charge in [-0.05, 0) is 77.0 Å². The predicted octanol–water partition coefficient (Wildman–Crippen LogP) is 14.7. The van der Waals surface area contributed by atoms with Crippen LogP contribution in [-0.4, -0.2) is 49.3 Å². The quantitative estimate of drug-likeness (QED) is 0.0265. The Morgan fingerprint density at radius 2 is 0.873 bits per heavy atom. The largest absolute Gasteiger partial charge is 0.472 e. The van der Waals surface area contributed by atoms with Gasteiger partial charge in [0.1, 0.15) is 6.61 Å². The maximum Gasteiger partial charge on any atom is 0.472 e. The number of esters is 2. The molecule has 63 heavy (non-hydrogen) atoms. The zero-order valence-corrected chi connectivity index (χ0v) is 40.4. The van der Waals surface area contributed by atoms with Crippen LogP contribution in [0.25, 0.3) is 0 Å². The van der Waals surface area contributed by atoms with Gasteiger partial charge in [-0.1, -0.05) is 200 Å². The molecular formula is C53H88NO8P. The van der Waals surface area contributed by atoms with Crippen LogP contribution in [0.5, 0.6) is 0 Å². The second-order valence-corrected chi connectivity index (χ2v) is 17.0. The minimum absolute atomic E-state index is 0.00690. The lowest BCUT2D eigenvalue weighted by Crippen LogP contribution is -2.29. The first kappa shape index (κ1) is 59.7. The van der Waals surface area contributed by atoms with E-state index in [9.17, 15) is 19.0 Å². The van der Waals surface area contributed by atoms with E-state index in [2.05, 4.69) is 105 Å². The average molecular weight is 898 g/mol. The maximum atomic E-state index is 12.5. The number of nitrogens with two attached hydrogens (primary N) is 1. The summed E-state index contributed by atoms with van der Waals surface area (Å²) in [5.74, 6) is -0.984. The van der Waals surface area contributed by atoms with Crippen LogP contribution in [0, 0.1) is 0 Å². The van der Waals surface area contributed by atoms with Gasteiger partial charge in [-0.3, -0.25) is 18.6 Å². The lowest BCUT2D eigenvalue weighted by molar-refractivity contribution is -0.160. The monoisotopic (exact) mass is 898 g/mol. The summed E-state index contributed by atoms with van der Waals surface area (Å²) in [7, 11) is -4.41. The van der Waals surface area contributed by atoms with Crippen LogP contribution < -0.4 is 5.73 Å². The van der Waals surface area contributed by atoms with Crippen LogP contribution >= 0.6 is 7.82 Å². The Morgan fingerprint density at radius 3 is 1.30 bits per heavy atom. The molecule has 0 saturated carbocycles. The molecule has 3 N–H and O–H groups in total. The topological polar surface area (TPSA) is 134 Å². The first-order chi connectivity index (χ1) is 30.8. The van der Waals surface area contributed by atoms with Crippen molar-refractivity contribution in [2.45, 2.75) is 187 Å². The van der Waals surface area contributed by atoms with Crippen LogP contribution in [0.4, 0.5) is 0 Å². The molecule has 0 radical (unpaired) electrons. The molecule has 0 aromatic heterocycles. The van der Waals surface area contributed by atoms with Gasteiger partial charge in [0, 0.05) is 13.0 Å². The Kier molecular flexibility index (Phi) is 45.6. The number of rotatable bonds is 44. The van der Waals surface area contributed by atoms with Crippen LogP contribution in [0.15, 0.2) is 109 Å². The molecule has 2 atom stereocenters. The number of phosphoric acid groups is 1. The number of allylic oxidation sites excluding steroid dienone is 17. The van der Waals surface area contributed by atoms with Gasteiger partial charge in [0.25, 0.3) is 0 Å². The molecular weight excluding hydrogens is 810 g/mol. The molecule has 0 aliphatic rings. The summed E-state index contributed by atoms with van der Waals surface area (Å²) in [4.78, 5) is 34.9. The molecule has 0 saturated heterocycles. The van der Waals surface area contributed by atoms with Crippen LogP contribution in [0.1, 0.15) is 181 Å². The Balaban J connectivity index is 4.09. The van der Waals surface area contributed by atoms with Crippen molar-refractivity contribution in [3.8, 4) is 0 Å². The van der Waals surface area contributed by atoms with E-state index in [0.717, 1.165) is 70.6 Å². The third-order valence-corrected chi connectivity index (χ3v) is 10.7. The number of hydrogen-bond acceptors (Lipinski definition) is 8. The predicted molar refractivity (Wildman–Crippen MR) is 265 cm³/mol. The van der Waals surface area contributed by atoms with Gasteiger partial charge in [0.2, 0.25) is 0 Å². The highest BCUT2D eigenvalue weighted by Gasteiger charge is 2.25. The molecule has 0 bridgehead atoms. The molecule has 0 spiro atoms. The Bertz CT molecular complexity index is 1390. The van der Waals surface area contributed by atoms with Gasteiger partial charge in [0.15, 0.2) is 6.10 Å². The first-order valence-corrected chi connectivity index (χ1v) is 25.9. The van der Waals surface area contributed by atoms with Crippen molar-refractivity contribution in [1.82, 2.24) is 0 Å². The number of hydrogen-bond donors (Lipinski definition) is 2. The number of carbonyl (C=O) groups is 2. The highest BCUT2D eigenvalue weighted by atomic mass is 31.2. The van der Waals surface area contributed by atoms with Crippen molar-refractivity contribution in [2.75, 3.05) is 26.4 Å². The van der Waals surface area contributed by atoms with Gasteiger partial charge in [0.05, 0.1) is 19.6 Å². The molecule has 0 heterocycles. The lowest BCUT2D eigenvalue weighted by atomic mass is 10.0. The van der Waals surface area contributed by atoms with Crippen LogP contribution in [0.2, 0.25) is 0 Å². The summed E-state index contributed by atoms with van der Waals surface area (Å²) >= 11 is 0. The summed E-state index contributed by atoms with van der Waals surface area (Å²) in [5, 5.41) is 0. The second kappa shape index (κ2) is 48.1. The fraction of sp³-hybridized carbons (Fsp3) is 0.623. The minimum atomic E-state index is -4.41. The molecule has 0 aliphatic carbocycles. The summed E-state index contributed by atoms with van der Waals surface area (Å²) in [6.07, 6.45) is 64.5. The SMILES string of the molecule is CC/C=C\C/C=C\C/C=C\C/C=C\C/C=C\CC(=O)OC(COC(=O)CCCCCCCCCCCCCCCC/C=C\C/C=C\C/C=C\C/C=C\CC)COP(=O)(O)OCCN. The number of carbonyl (C=O) groups excluding carboxylic acids is 2. The fourth-order valence-electron chi connectivity index (χ4n) is 6.17. The Morgan fingerprint density at radius 1 is 0.492 bits per heavy atom. The van der Waals surface area contributed by atoms with E-state index in [1.807, 2.05) is 12.2 Å². The van der Waals surface area contributed by atoms with Gasteiger partial charge < -0.3 is 20.1 Å². The molecule has 0 amide bonds. The van der Waals surface area contributed by atoms with Gasteiger partial charge >= 0.3 is 19.8 Å². The van der Waals surface area contributed by atoms with E-state index >= 15 is 0 Å². The first-order valence-electron chi connectivity index (χ1n) is 24.4. The second-order valence-electron chi connectivity index (χ2n) is 15.6. The normalized spacial score (nSPS) is 14.2. The molecule has 9 nitrogen and oxygen atoms in total. The minimum Gasteiger partial charge on any atom is -0.462 e. The van der Waals surface area contributed by atoms with Gasteiger partial charge in [-0.25, -0.2) is 4.57 Å². The van der Waals surface area contributed by atoms with E-state index in [1.165, 1.54) is 70.6 Å². The maximum absolute atomic E-state index is 12.5. The molecule has 2 unspecified atom stereocenters. The molecule has 358 valence electrons. The highest BCUT2D eigenvalue weighted by Crippen LogP contribution is 2.43. The Hall–Kier alpha value is -3.33. The van der Waals surface area contributed by atoms with Crippen molar-refractivity contribution in [3.05, 3.63) is 109 Å². The summed E-state index contributed by atoms with van der Waals surface area (Å²) < 4.78 is 32.7.